The maximum atomic E-state index is 10.9. The third kappa shape index (κ3) is 2.72. The molecule has 2 unspecified atom stereocenters. The fourth-order valence-electron chi connectivity index (χ4n) is 5.70. The topological polar surface area (TPSA) is 50.7 Å². The highest BCUT2D eigenvalue weighted by molar-refractivity contribution is 5.40. The highest BCUT2D eigenvalue weighted by atomic mass is 16.5. The molecule has 0 aromatic heterocycles. The van der Waals surface area contributed by atoms with Gasteiger partial charge in [0.25, 0.3) is 0 Å². The van der Waals surface area contributed by atoms with E-state index < -0.39 is 5.60 Å². The van der Waals surface area contributed by atoms with E-state index in [1.54, 1.807) is 14.2 Å². The molecule has 5 rings (SSSR count). The molecule has 0 amide bonds. The third-order valence-corrected chi connectivity index (χ3v) is 6.18. The summed E-state index contributed by atoms with van der Waals surface area (Å²) in [6, 6.07) is 5.98. The molecule has 4 bridgehead atoms. The molecule has 1 aromatic rings. The van der Waals surface area contributed by atoms with Gasteiger partial charge in [-0.1, -0.05) is 6.07 Å². The van der Waals surface area contributed by atoms with E-state index in [9.17, 15) is 5.11 Å². The molecule has 126 valence electrons. The van der Waals surface area contributed by atoms with Crippen molar-refractivity contribution in [1.82, 2.24) is 5.32 Å². The quantitative estimate of drug-likeness (QED) is 0.877. The molecule has 23 heavy (non-hydrogen) atoms. The lowest BCUT2D eigenvalue weighted by atomic mass is 9.51. The molecular formula is C19H27NO3. The number of rotatable bonds is 5. The predicted molar refractivity (Wildman–Crippen MR) is 88.7 cm³/mol. The summed E-state index contributed by atoms with van der Waals surface area (Å²) in [7, 11) is 3.37. The van der Waals surface area contributed by atoms with Gasteiger partial charge in [-0.25, -0.2) is 0 Å². The Hall–Kier alpha value is -1.26. The lowest BCUT2D eigenvalue weighted by Gasteiger charge is -2.60. The summed E-state index contributed by atoms with van der Waals surface area (Å²) in [5.41, 5.74) is 0.848. The molecule has 2 N–H and O–H groups in total. The monoisotopic (exact) mass is 317 g/mol. The Bertz CT molecular complexity index is 586. The predicted octanol–water partition coefficient (Wildman–Crippen LogP) is 2.88. The molecule has 0 radical (unpaired) electrons. The highest BCUT2D eigenvalue weighted by Crippen LogP contribution is 2.57. The van der Waals surface area contributed by atoms with Crippen LogP contribution in [0.1, 0.15) is 44.1 Å². The van der Waals surface area contributed by atoms with Gasteiger partial charge in [0.05, 0.1) is 19.8 Å². The van der Waals surface area contributed by atoms with E-state index in [-0.39, 0.29) is 5.54 Å². The van der Waals surface area contributed by atoms with Crippen LogP contribution in [0.2, 0.25) is 0 Å². The van der Waals surface area contributed by atoms with Gasteiger partial charge in [0.1, 0.15) is 11.5 Å². The lowest BCUT2D eigenvalue weighted by molar-refractivity contribution is -0.142. The molecule has 0 heterocycles. The summed E-state index contributed by atoms with van der Waals surface area (Å²) in [5, 5.41) is 14.7. The minimum Gasteiger partial charge on any atom is -0.497 e. The van der Waals surface area contributed by atoms with Gasteiger partial charge in [-0.2, -0.15) is 0 Å². The maximum absolute atomic E-state index is 10.9. The van der Waals surface area contributed by atoms with Gasteiger partial charge in [-0.15, -0.1) is 0 Å². The largest absolute Gasteiger partial charge is 0.497 e. The van der Waals surface area contributed by atoms with Crippen LogP contribution in [0.15, 0.2) is 18.2 Å². The van der Waals surface area contributed by atoms with E-state index in [0.29, 0.717) is 11.8 Å². The van der Waals surface area contributed by atoms with Crippen LogP contribution in [-0.4, -0.2) is 30.5 Å². The van der Waals surface area contributed by atoms with Gasteiger partial charge >= 0.3 is 0 Å². The zero-order valence-corrected chi connectivity index (χ0v) is 14.1. The average Bonchev–Trinajstić information content (AvgIpc) is 2.50. The number of hydrogen-bond acceptors (Lipinski definition) is 4. The van der Waals surface area contributed by atoms with Crippen LogP contribution < -0.4 is 14.8 Å². The van der Waals surface area contributed by atoms with Crippen molar-refractivity contribution in [1.29, 1.82) is 0 Å². The van der Waals surface area contributed by atoms with Gasteiger partial charge in [0, 0.05) is 23.7 Å². The first-order chi connectivity index (χ1) is 11.0. The molecular weight excluding hydrogens is 290 g/mol. The molecule has 0 spiro atoms. The molecule has 1 aromatic carbocycles. The van der Waals surface area contributed by atoms with Crippen molar-refractivity contribution in [3.63, 3.8) is 0 Å². The molecule has 4 saturated carbocycles. The third-order valence-electron chi connectivity index (χ3n) is 6.18. The van der Waals surface area contributed by atoms with Crippen LogP contribution in [0, 0.1) is 11.8 Å². The molecule has 4 heteroatoms. The van der Waals surface area contributed by atoms with Gasteiger partial charge in [0.2, 0.25) is 0 Å². The second kappa shape index (κ2) is 5.38. The number of benzene rings is 1. The normalized spacial score (nSPS) is 37.9. The number of methoxy groups -OCH3 is 2. The van der Waals surface area contributed by atoms with Crippen molar-refractivity contribution in [3.05, 3.63) is 23.8 Å². The zero-order chi connectivity index (χ0) is 16.1. The summed E-state index contributed by atoms with van der Waals surface area (Å²) >= 11 is 0. The Labute approximate surface area is 138 Å². The standard InChI is InChI=1S/C19H27NO3/c1-22-16-4-3-15(17(6-16)23-2)11-20-18-7-13-5-14(8-18)10-19(21,9-13)12-18/h3-4,6,13-14,20-21H,5,7-12H2,1-2H3. The fraction of sp³-hybridized carbons (Fsp3) is 0.684. The van der Waals surface area contributed by atoms with Crippen LogP contribution in [0.5, 0.6) is 11.5 Å². The Morgan fingerprint density at radius 2 is 1.87 bits per heavy atom. The minimum atomic E-state index is -0.416. The Morgan fingerprint density at radius 1 is 1.13 bits per heavy atom. The van der Waals surface area contributed by atoms with E-state index in [2.05, 4.69) is 11.4 Å². The molecule has 4 aliphatic carbocycles. The second-order valence-electron chi connectivity index (χ2n) is 8.00. The summed E-state index contributed by atoms with van der Waals surface area (Å²) in [4.78, 5) is 0. The smallest absolute Gasteiger partial charge is 0.127 e. The van der Waals surface area contributed by atoms with E-state index in [1.165, 1.54) is 19.3 Å². The van der Waals surface area contributed by atoms with Crippen LogP contribution in [0.4, 0.5) is 0 Å². The van der Waals surface area contributed by atoms with Gasteiger partial charge in [0.15, 0.2) is 0 Å². The van der Waals surface area contributed by atoms with Crippen molar-refractivity contribution in [2.45, 2.75) is 56.2 Å². The van der Waals surface area contributed by atoms with E-state index >= 15 is 0 Å². The summed E-state index contributed by atoms with van der Waals surface area (Å²) in [5.74, 6) is 3.08. The van der Waals surface area contributed by atoms with Crippen LogP contribution in [0.25, 0.3) is 0 Å². The highest BCUT2D eigenvalue weighted by Gasteiger charge is 2.56. The zero-order valence-electron chi connectivity index (χ0n) is 14.1. The van der Waals surface area contributed by atoms with Gasteiger partial charge in [-0.05, 0) is 56.4 Å². The number of ether oxygens (including phenoxy) is 2. The van der Waals surface area contributed by atoms with E-state index in [4.69, 9.17) is 9.47 Å². The van der Waals surface area contributed by atoms with E-state index in [1.807, 2.05) is 12.1 Å². The fourth-order valence-corrected chi connectivity index (χ4v) is 5.70. The number of nitrogens with one attached hydrogen (secondary N) is 1. The SMILES string of the molecule is COc1ccc(CNC23CC4CC(CC(O)(C4)C2)C3)c(OC)c1. The number of aliphatic hydroxyl groups is 1. The molecule has 4 aliphatic rings. The first kappa shape index (κ1) is 15.3. The summed E-state index contributed by atoms with van der Waals surface area (Å²) in [6.07, 6.45) is 6.68. The molecule has 4 nitrogen and oxygen atoms in total. The molecule has 0 aliphatic heterocycles. The Kier molecular flexibility index (Phi) is 3.58. The Balaban J connectivity index is 1.51. The van der Waals surface area contributed by atoms with Crippen LogP contribution in [-0.2, 0) is 6.54 Å². The molecule has 4 fully saturated rings. The van der Waals surface area contributed by atoms with Crippen molar-refractivity contribution in [2.75, 3.05) is 14.2 Å². The molecule has 0 saturated heterocycles. The van der Waals surface area contributed by atoms with E-state index in [0.717, 1.165) is 42.9 Å². The summed E-state index contributed by atoms with van der Waals surface area (Å²) in [6.45, 7) is 0.780. The lowest BCUT2D eigenvalue weighted by Crippen LogP contribution is -2.64. The molecule has 2 atom stereocenters. The first-order valence-electron chi connectivity index (χ1n) is 8.71. The summed E-state index contributed by atoms with van der Waals surface area (Å²) < 4.78 is 10.8. The maximum Gasteiger partial charge on any atom is 0.127 e. The minimum absolute atomic E-state index is 0.115. The van der Waals surface area contributed by atoms with Crippen molar-refractivity contribution >= 4 is 0 Å². The second-order valence-corrected chi connectivity index (χ2v) is 8.00. The van der Waals surface area contributed by atoms with Crippen molar-refractivity contribution < 1.29 is 14.6 Å². The van der Waals surface area contributed by atoms with Gasteiger partial charge in [-0.3, -0.25) is 0 Å². The van der Waals surface area contributed by atoms with Crippen molar-refractivity contribution in [3.8, 4) is 11.5 Å². The first-order valence-corrected chi connectivity index (χ1v) is 8.71. The van der Waals surface area contributed by atoms with Crippen molar-refractivity contribution in [2.24, 2.45) is 11.8 Å². The number of hydrogen-bond donors (Lipinski definition) is 2. The van der Waals surface area contributed by atoms with Crippen LogP contribution >= 0.6 is 0 Å². The Morgan fingerprint density at radius 3 is 2.48 bits per heavy atom. The average molecular weight is 317 g/mol. The van der Waals surface area contributed by atoms with Crippen LogP contribution in [0.3, 0.4) is 0 Å². The van der Waals surface area contributed by atoms with Gasteiger partial charge < -0.3 is 19.9 Å².